The van der Waals surface area contributed by atoms with E-state index in [1.54, 1.807) is 12.5 Å². The molecular weight excluding hydrogens is 370 g/mol. The Morgan fingerprint density at radius 1 is 1.10 bits per heavy atom. The number of nitrogens with one attached hydrogen (secondary N) is 1. The number of benzene rings is 2. The van der Waals surface area contributed by atoms with Crippen LogP contribution in [0, 0.1) is 18.3 Å². The zero-order valence-electron chi connectivity index (χ0n) is 18.4. The third-order valence-corrected chi connectivity index (χ3v) is 6.19. The second-order valence-corrected chi connectivity index (χ2v) is 9.59. The predicted molar refractivity (Wildman–Crippen MR) is 122 cm³/mol. The van der Waals surface area contributed by atoms with Crippen LogP contribution in [0.1, 0.15) is 56.1 Å². The zero-order chi connectivity index (χ0) is 21.3. The van der Waals surface area contributed by atoms with Crippen molar-refractivity contribution in [2.24, 2.45) is 11.3 Å². The van der Waals surface area contributed by atoms with E-state index < -0.39 is 0 Å². The van der Waals surface area contributed by atoms with E-state index in [-0.39, 0.29) is 17.4 Å². The maximum atomic E-state index is 13.0. The lowest BCUT2D eigenvalue weighted by molar-refractivity contribution is 0.0867. The molecule has 1 heterocycles. The van der Waals surface area contributed by atoms with Crippen LogP contribution in [-0.4, -0.2) is 21.5 Å². The molecule has 2 aromatic carbocycles. The monoisotopic (exact) mass is 401 g/mol. The predicted octanol–water partition coefficient (Wildman–Crippen LogP) is 5.79. The smallest absolute Gasteiger partial charge is 0.270 e. The first-order valence-electron chi connectivity index (χ1n) is 10.8. The van der Waals surface area contributed by atoms with Gasteiger partial charge in [0.1, 0.15) is 5.69 Å². The normalized spacial score (nSPS) is 20.7. The average Bonchev–Trinajstić information content (AvgIpc) is 3.17. The molecule has 4 nitrogen and oxygen atoms in total. The van der Waals surface area contributed by atoms with Crippen LogP contribution in [0.5, 0.6) is 0 Å². The van der Waals surface area contributed by atoms with E-state index in [1.807, 2.05) is 16.7 Å². The first-order chi connectivity index (χ1) is 14.3. The van der Waals surface area contributed by atoms with Gasteiger partial charge >= 0.3 is 0 Å². The Morgan fingerprint density at radius 2 is 1.83 bits per heavy atom. The van der Waals surface area contributed by atoms with E-state index in [0.717, 1.165) is 18.5 Å². The van der Waals surface area contributed by atoms with Gasteiger partial charge < -0.3 is 5.32 Å². The maximum absolute atomic E-state index is 13.0. The quantitative estimate of drug-likeness (QED) is 0.601. The van der Waals surface area contributed by atoms with Crippen molar-refractivity contribution in [1.82, 2.24) is 14.9 Å². The van der Waals surface area contributed by atoms with Crippen LogP contribution >= 0.6 is 0 Å². The summed E-state index contributed by atoms with van der Waals surface area (Å²) in [4.78, 5) is 17.3. The topological polar surface area (TPSA) is 46.9 Å². The van der Waals surface area contributed by atoms with Crippen molar-refractivity contribution in [2.45, 2.75) is 53.0 Å². The zero-order valence-corrected chi connectivity index (χ0v) is 18.4. The Bertz CT molecular complexity index is 1030. The molecule has 1 N–H and O–H groups in total. The van der Waals surface area contributed by atoms with E-state index in [4.69, 9.17) is 0 Å². The molecule has 1 aliphatic rings. The lowest BCUT2D eigenvalue weighted by atomic mass is 9.70. The van der Waals surface area contributed by atoms with Crippen LogP contribution in [0.2, 0.25) is 0 Å². The molecule has 30 heavy (non-hydrogen) atoms. The summed E-state index contributed by atoms with van der Waals surface area (Å²) >= 11 is 0. The number of rotatable bonds is 4. The molecule has 0 aliphatic heterocycles. The number of hydrogen-bond donors (Lipinski definition) is 1. The number of amides is 1. The summed E-state index contributed by atoms with van der Waals surface area (Å²) in [5, 5.41) is 3.26. The molecule has 1 amide bonds. The van der Waals surface area contributed by atoms with Crippen molar-refractivity contribution in [2.75, 3.05) is 0 Å². The van der Waals surface area contributed by atoms with Crippen molar-refractivity contribution < 1.29 is 4.79 Å². The van der Waals surface area contributed by atoms with Gasteiger partial charge in [0.25, 0.3) is 5.91 Å². The van der Waals surface area contributed by atoms with Gasteiger partial charge in [0.2, 0.25) is 0 Å². The maximum Gasteiger partial charge on any atom is 0.270 e. The highest BCUT2D eigenvalue weighted by molar-refractivity contribution is 5.93. The Kier molecular flexibility index (Phi) is 5.50. The molecule has 1 aromatic heterocycles. The van der Waals surface area contributed by atoms with E-state index in [0.29, 0.717) is 11.6 Å². The van der Waals surface area contributed by atoms with E-state index in [1.165, 1.54) is 23.1 Å². The molecule has 0 saturated heterocycles. The molecule has 156 valence electrons. The molecule has 1 saturated carbocycles. The molecule has 4 heteroatoms. The van der Waals surface area contributed by atoms with Crippen LogP contribution in [-0.2, 0) is 0 Å². The summed E-state index contributed by atoms with van der Waals surface area (Å²) < 4.78 is 1.87. The first kappa shape index (κ1) is 20.4. The van der Waals surface area contributed by atoms with Crippen LogP contribution in [0.25, 0.3) is 16.8 Å². The highest BCUT2D eigenvalue weighted by Gasteiger charge is 2.33. The van der Waals surface area contributed by atoms with Gasteiger partial charge in [-0.3, -0.25) is 9.36 Å². The van der Waals surface area contributed by atoms with Gasteiger partial charge in [-0.2, -0.15) is 0 Å². The summed E-state index contributed by atoms with van der Waals surface area (Å²) in [7, 11) is 0. The van der Waals surface area contributed by atoms with Crippen LogP contribution in [0.4, 0.5) is 0 Å². The van der Waals surface area contributed by atoms with E-state index >= 15 is 0 Å². The SMILES string of the molecule is Cc1ccccc1-c1ccc(-n2cncc2C(=O)N[C@@H]2C[C@@H](C)CC(C)(C)C2)cc1. The van der Waals surface area contributed by atoms with Gasteiger partial charge in [-0.1, -0.05) is 57.2 Å². The largest absolute Gasteiger partial charge is 0.348 e. The highest BCUT2D eigenvalue weighted by atomic mass is 16.2. The molecule has 0 unspecified atom stereocenters. The third kappa shape index (κ3) is 4.33. The molecule has 2 atom stereocenters. The second kappa shape index (κ2) is 8.10. The molecule has 0 spiro atoms. The lowest BCUT2D eigenvalue weighted by Crippen LogP contribution is -2.43. The first-order valence-corrected chi connectivity index (χ1v) is 10.8. The second-order valence-electron chi connectivity index (χ2n) is 9.59. The summed E-state index contributed by atoms with van der Waals surface area (Å²) in [5.41, 5.74) is 5.42. The van der Waals surface area contributed by atoms with Gasteiger partial charge in [-0.25, -0.2) is 4.98 Å². The van der Waals surface area contributed by atoms with Crippen LogP contribution < -0.4 is 5.32 Å². The number of hydrogen-bond acceptors (Lipinski definition) is 2. The van der Waals surface area contributed by atoms with Gasteiger partial charge in [0, 0.05) is 11.7 Å². The number of carbonyl (C=O) groups is 1. The van der Waals surface area contributed by atoms with Crippen molar-refractivity contribution >= 4 is 5.91 Å². The van der Waals surface area contributed by atoms with E-state index in [2.05, 4.69) is 74.4 Å². The fourth-order valence-corrected chi connectivity index (χ4v) is 5.08. The summed E-state index contributed by atoms with van der Waals surface area (Å²) in [6, 6.07) is 16.9. The number of aryl methyl sites for hydroxylation is 1. The van der Waals surface area contributed by atoms with Crippen molar-refractivity contribution in [3.8, 4) is 16.8 Å². The number of aromatic nitrogens is 2. The van der Waals surface area contributed by atoms with Crippen LogP contribution in [0.15, 0.2) is 61.1 Å². The minimum absolute atomic E-state index is 0.0506. The third-order valence-electron chi connectivity index (χ3n) is 6.19. The van der Waals surface area contributed by atoms with Gasteiger partial charge in [-0.15, -0.1) is 0 Å². The Labute approximate surface area is 179 Å². The average molecular weight is 402 g/mol. The van der Waals surface area contributed by atoms with Crippen molar-refractivity contribution in [3.63, 3.8) is 0 Å². The Morgan fingerprint density at radius 3 is 2.53 bits per heavy atom. The summed E-state index contributed by atoms with van der Waals surface area (Å²) in [6.45, 7) is 8.99. The minimum Gasteiger partial charge on any atom is -0.348 e. The fraction of sp³-hybridized carbons (Fsp3) is 0.385. The number of nitrogens with zero attached hydrogens (tertiary/aromatic N) is 2. The van der Waals surface area contributed by atoms with Gasteiger partial charge in [-0.05, 0) is 66.3 Å². The Hall–Kier alpha value is -2.88. The minimum atomic E-state index is -0.0506. The van der Waals surface area contributed by atoms with E-state index in [9.17, 15) is 4.79 Å². The molecule has 0 radical (unpaired) electrons. The summed E-state index contributed by atoms with van der Waals surface area (Å²) in [5.74, 6) is 0.573. The molecule has 3 aromatic rings. The standard InChI is InChI=1S/C26H31N3O/c1-18-13-21(15-26(3,4)14-18)28-25(30)24-16-27-17-29(24)22-11-9-20(10-12-22)23-8-6-5-7-19(23)2/h5-12,16-18,21H,13-15H2,1-4H3,(H,28,30)/t18-,21-/m1/s1. The Balaban J connectivity index is 1.53. The lowest BCUT2D eigenvalue weighted by Gasteiger charge is -2.39. The molecule has 1 fully saturated rings. The van der Waals surface area contributed by atoms with Crippen molar-refractivity contribution in [1.29, 1.82) is 0 Å². The highest BCUT2D eigenvalue weighted by Crippen LogP contribution is 2.38. The molecule has 1 aliphatic carbocycles. The molecular formula is C26H31N3O. The fourth-order valence-electron chi connectivity index (χ4n) is 5.08. The van der Waals surface area contributed by atoms with Gasteiger partial charge in [0.15, 0.2) is 0 Å². The van der Waals surface area contributed by atoms with Crippen molar-refractivity contribution in [3.05, 3.63) is 72.3 Å². The van der Waals surface area contributed by atoms with Crippen LogP contribution in [0.3, 0.4) is 0 Å². The van der Waals surface area contributed by atoms with Gasteiger partial charge in [0.05, 0.1) is 12.5 Å². The molecule has 4 rings (SSSR count). The summed E-state index contributed by atoms with van der Waals surface area (Å²) in [6.07, 6.45) is 6.63. The number of carbonyl (C=O) groups excluding carboxylic acids is 1. The molecule has 0 bridgehead atoms. The number of imidazole rings is 1.